The number of methoxy groups -OCH3 is 2. The predicted octanol–water partition coefficient (Wildman–Crippen LogP) is 3.02. The first-order chi connectivity index (χ1) is 22.4. The van der Waals surface area contributed by atoms with Crippen molar-refractivity contribution < 1.29 is 28.7 Å². The second-order valence-corrected chi connectivity index (χ2v) is 13.1. The summed E-state index contributed by atoms with van der Waals surface area (Å²) in [6.07, 6.45) is 2.80. The Kier molecular flexibility index (Phi) is 17.4. The number of benzene rings is 1. The smallest absolute Gasteiger partial charge is 0.245 e. The average Bonchev–Trinajstić information content (AvgIpc) is 3.56. The van der Waals surface area contributed by atoms with Gasteiger partial charge in [0, 0.05) is 34.4 Å². The highest BCUT2D eigenvalue weighted by Gasteiger charge is 2.42. The third-order valence-electron chi connectivity index (χ3n) is 9.95. The van der Waals surface area contributed by atoms with Crippen molar-refractivity contribution >= 4 is 23.6 Å². The third-order valence-corrected chi connectivity index (χ3v) is 9.95. The summed E-state index contributed by atoms with van der Waals surface area (Å²) in [7, 11) is 6.61. The highest BCUT2D eigenvalue weighted by molar-refractivity contribution is 5.89. The van der Waals surface area contributed by atoms with Crippen LogP contribution in [0.4, 0.5) is 0 Å². The second kappa shape index (κ2) is 20.4. The standard InChI is InChI=1S/C36H61N5O6/c1-10-24(3)32(39-30(42)23-37-6)36(45)40(7)33(25(4)11-2)29(46-8)22-31(43)41-21-15-18-28(41)34(47-9)26(5)35(44)38-20-19-27-16-13-12-14-17-27/h12-14,16-17,24-26,28-29,32-34,37H,10-11,15,18-23H2,1-9H3,(H,38,44)(H,39,42)/t24-,25-,26?,28?,29?,32-,33?,34?/m0/s1. The van der Waals surface area contributed by atoms with Crippen LogP contribution in [0.15, 0.2) is 30.3 Å². The van der Waals surface area contributed by atoms with E-state index in [2.05, 4.69) is 29.8 Å². The summed E-state index contributed by atoms with van der Waals surface area (Å²) >= 11 is 0. The lowest BCUT2D eigenvalue weighted by molar-refractivity contribution is -0.147. The Bertz CT molecular complexity index is 1120. The number of carbonyl (C=O) groups excluding carboxylic acids is 4. The largest absolute Gasteiger partial charge is 0.379 e. The van der Waals surface area contributed by atoms with E-state index in [1.54, 1.807) is 33.2 Å². The van der Waals surface area contributed by atoms with Crippen LogP contribution in [0.5, 0.6) is 0 Å². The van der Waals surface area contributed by atoms with Crippen LogP contribution in [0.2, 0.25) is 0 Å². The van der Waals surface area contributed by atoms with Crippen LogP contribution in [-0.2, 0) is 35.1 Å². The maximum Gasteiger partial charge on any atom is 0.245 e. The summed E-state index contributed by atoms with van der Waals surface area (Å²) in [4.78, 5) is 57.2. The molecule has 2 rings (SSSR count). The zero-order valence-electron chi connectivity index (χ0n) is 30.2. The fourth-order valence-corrected chi connectivity index (χ4v) is 6.73. The number of ether oxygens (including phenoxy) is 2. The van der Waals surface area contributed by atoms with Crippen molar-refractivity contribution in [3.8, 4) is 0 Å². The lowest BCUT2D eigenvalue weighted by Gasteiger charge is -2.41. The van der Waals surface area contributed by atoms with Crippen molar-refractivity contribution in [3.05, 3.63) is 35.9 Å². The summed E-state index contributed by atoms with van der Waals surface area (Å²) in [5, 5.41) is 8.79. The number of carbonyl (C=O) groups is 4. The van der Waals surface area contributed by atoms with Crippen LogP contribution in [0.1, 0.15) is 72.3 Å². The average molecular weight is 660 g/mol. The van der Waals surface area contributed by atoms with Crippen molar-refractivity contribution in [1.29, 1.82) is 0 Å². The van der Waals surface area contributed by atoms with Crippen LogP contribution in [0.25, 0.3) is 0 Å². The molecule has 1 aromatic carbocycles. The molecule has 1 aliphatic heterocycles. The molecule has 11 heteroatoms. The Balaban J connectivity index is 2.19. The fraction of sp³-hybridized carbons (Fsp3) is 0.722. The van der Waals surface area contributed by atoms with Crippen LogP contribution in [0, 0.1) is 17.8 Å². The quantitative estimate of drug-likeness (QED) is 0.196. The van der Waals surface area contributed by atoms with Crippen LogP contribution < -0.4 is 16.0 Å². The molecule has 266 valence electrons. The summed E-state index contributed by atoms with van der Waals surface area (Å²) in [5.74, 6) is -1.16. The molecule has 11 nitrogen and oxygen atoms in total. The minimum Gasteiger partial charge on any atom is -0.379 e. The number of likely N-dealkylation sites (N-methyl/N-ethyl adjacent to an activating group) is 2. The monoisotopic (exact) mass is 659 g/mol. The van der Waals surface area contributed by atoms with Gasteiger partial charge in [0.2, 0.25) is 23.6 Å². The van der Waals surface area contributed by atoms with Gasteiger partial charge in [-0.15, -0.1) is 0 Å². The van der Waals surface area contributed by atoms with E-state index < -0.39 is 30.2 Å². The van der Waals surface area contributed by atoms with Crippen LogP contribution in [-0.4, -0.2) is 112 Å². The number of likely N-dealkylation sites (tertiary alicyclic amines) is 1. The zero-order valence-corrected chi connectivity index (χ0v) is 30.2. The molecule has 1 fully saturated rings. The van der Waals surface area contributed by atoms with Crippen LogP contribution in [0.3, 0.4) is 0 Å². The molecule has 47 heavy (non-hydrogen) atoms. The number of hydrogen-bond donors (Lipinski definition) is 3. The minimum absolute atomic E-state index is 0.0213. The molecule has 0 spiro atoms. The third kappa shape index (κ3) is 11.3. The van der Waals surface area contributed by atoms with Crippen LogP contribution >= 0.6 is 0 Å². The topological polar surface area (TPSA) is 129 Å². The SMILES string of the molecule is CC[C@H](C)C(C(CC(=O)N1CCCC1C(OC)C(C)C(=O)NCCc1ccccc1)OC)N(C)C(=O)[C@@H](NC(=O)CNC)[C@@H](C)CC. The number of rotatable bonds is 20. The lowest BCUT2D eigenvalue weighted by atomic mass is 9.89. The molecule has 5 unspecified atom stereocenters. The predicted molar refractivity (Wildman–Crippen MR) is 185 cm³/mol. The van der Waals surface area contributed by atoms with Gasteiger partial charge in [-0.1, -0.05) is 77.8 Å². The van der Waals surface area contributed by atoms with E-state index in [1.807, 2.05) is 56.0 Å². The van der Waals surface area contributed by atoms with Crippen molar-refractivity contribution in [2.75, 3.05) is 47.9 Å². The highest BCUT2D eigenvalue weighted by Crippen LogP contribution is 2.29. The molecule has 1 heterocycles. The fourth-order valence-electron chi connectivity index (χ4n) is 6.73. The van der Waals surface area contributed by atoms with Gasteiger partial charge in [0.15, 0.2) is 0 Å². The molecule has 1 saturated heterocycles. The molecule has 0 aliphatic carbocycles. The summed E-state index contributed by atoms with van der Waals surface area (Å²) in [6.45, 7) is 11.1. The highest BCUT2D eigenvalue weighted by atomic mass is 16.5. The number of amides is 4. The van der Waals surface area contributed by atoms with Gasteiger partial charge >= 0.3 is 0 Å². The molecule has 8 atom stereocenters. The number of nitrogens with zero attached hydrogens (tertiary/aromatic N) is 2. The number of hydrogen-bond acceptors (Lipinski definition) is 7. The normalized spacial score (nSPS) is 19.2. The molecule has 0 saturated carbocycles. The second-order valence-electron chi connectivity index (χ2n) is 13.1. The molecule has 1 aromatic rings. The van der Waals surface area contributed by atoms with Gasteiger partial charge in [0.1, 0.15) is 6.04 Å². The van der Waals surface area contributed by atoms with E-state index in [1.165, 1.54) is 0 Å². The van der Waals surface area contributed by atoms with Gasteiger partial charge in [0.25, 0.3) is 0 Å². The Hall–Kier alpha value is -3.02. The first-order valence-electron chi connectivity index (χ1n) is 17.3. The summed E-state index contributed by atoms with van der Waals surface area (Å²) < 4.78 is 11.9. The zero-order chi connectivity index (χ0) is 35.1. The van der Waals surface area contributed by atoms with Crippen molar-refractivity contribution in [3.63, 3.8) is 0 Å². The molecule has 0 bridgehead atoms. The Morgan fingerprint density at radius 1 is 1.00 bits per heavy atom. The molecule has 3 N–H and O–H groups in total. The first kappa shape index (κ1) is 40.2. The van der Waals surface area contributed by atoms with E-state index in [0.717, 1.165) is 31.2 Å². The molecule has 1 aliphatic rings. The van der Waals surface area contributed by atoms with Gasteiger partial charge in [-0.2, -0.15) is 0 Å². The van der Waals surface area contributed by atoms with Gasteiger partial charge in [0.05, 0.1) is 43.2 Å². The van der Waals surface area contributed by atoms with Crippen molar-refractivity contribution in [2.24, 2.45) is 17.8 Å². The Morgan fingerprint density at radius 3 is 2.23 bits per heavy atom. The molecule has 4 amide bonds. The van der Waals surface area contributed by atoms with E-state index >= 15 is 0 Å². The Labute approximate surface area is 282 Å². The van der Waals surface area contributed by atoms with Crippen molar-refractivity contribution in [1.82, 2.24) is 25.8 Å². The molecular weight excluding hydrogens is 598 g/mol. The minimum atomic E-state index is -0.698. The first-order valence-corrected chi connectivity index (χ1v) is 17.3. The maximum atomic E-state index is 14.0. The van der Waals surface area contributed by atoms with Gasteiger partial charge in [-0.3, -0.25) is 19.2 Å². The van der Waals surface area contributed by atoms with Gasteiger partial charge < -0.3 is 35.2 Å². The molecule has 0 radical (unpaired) electrons. The maximum absolute atomic E-state index is 14.0. The van der Waals surface area contributed by atoms with E-state index in [9.17, 15) is 19.2 Å². The van der Waals surface area contributed by atoms with Crippen molar-refractivity contribution in [2.45, 2.75) is 103 Å². The summed E-state index contributed by atoms with van der Waals surface area (Å²) in [5.41, 5.74) is 1.15. The van der Waals surface area contributed by atoms with E-state index in [0.29, 0.717) is 19.5 Å². The lowest BCUT2D eigenvalue weighted by Crippen LogP contribution is -2.58. The van der Waals surface area contributed by atoms with Gasteiger partial charge in [-0.25, -0.2) is 0 Å². The van der Waals surface area contributed by atoms with E-state index in [-0.39, 0.29) is 54.5 Å². The molecule has 0 aromatic heterocycles. The Morgan fingerprint density at radius 2 is 1.66 bits per heavy atom. The summed E-state index contributed by atoms with van der Waals surface area (Å²) in [6, 6.07) is 8.66. The van der Waals surface area contributed by atoms with Gasteiger partial charge in [-0.05, 0) is 43.7 Å². The number of nitrogens with one attached hydrogen (secondary N) is 3. The molecular formula is C36H61N5O6. The van der Waals surface area contributed by atoms with E-state index in [4.69, 9.17) is 9.47 Å².